The van der Waals surface area contributed by atoms with E-state index in [2.05, 4.69) is 5.32 Å². The molecule has 2 atom stereocenters. The number of halogens is 2. The van der Waals surface area contributed by atoms with Gasteiger partial charge in [0.15, 0.2) is 0 Å². The van der Waals surface area contributed by atoms with Crippen LogP contribution in [-0.4, -0.2) is 11.9 Å². The van der Waals surface area contributed by atoms with Crippen molar-refractivity contribution in [1.29, 1.82) is 0 Å². The molecular formula is C14H20F2N2O. The maximum absolute atomic E-state index is 13.6. The highest BCUT2D eigenvalue weighted by atomic mass is 19.1. The molecule has 0 radical (unpaired) electrons. The van der Waals surface area contributed by atoms with E-state index in [9.17, 15) is 13.6 Å². The Hall–Kier alpha value is -1.49. The molecule has 3 nitrogen and oxygen atoms in total. The van der Waals surface area contributed by atoms with E-state index >= 15 is 0 Å². The molecule has 1 aromatic carbocycles. The van der Waals surface area contributed by atoms with Crippen molar-refractivity contribution < 1.29 is 13.6 Å². The summed E-state index contributed by atoms with van der Waals surface area (Å²) in [5, 5.41) is 2.64. The second-order valence-electron chi connectivity index (χ2n) is 5.74. The number of rotatable bonds is 3. The largest absolute Gasteiger partial charge is 0.348 e. The molecule has 0 spiro atoms. The number of amides is 1. The van der Waals surface area contributed by atoms with E-state index in [4.69, 9.17) is 5.73 Å². The molecule has 0 aromatic heterocycles. The van der Waals surface area contributed by atoms with Crippen LogP contribution in [0.25, 0.3) is 0 Å². The van der Waals surface area contributed by atoms with Crippen molar-refractivity contribution in [3.05, 3.63) is 35.4 Å². The van der Waals surface area contributed by atoms with Gasteiger partial charge in [-0.15, -0.1) is 0 Å². The third-order valence-corrected chi connectivity index (χ3v) is 3.00. The zero-order valence-corrected chi connectivity index (χ0v) is 11.6. The first-order valence-electron chi connectivity index (χ1n) is 6.14. The van der Waals surface area contributed by atoms with E-state index in [0.29, 0.717) is 0 Å². The summed E-state index contributed by atoms with van der Waals surface area (Å²) in [6, 6.07) is 2.00. The molecule has 0 fully saturated rings. The summed E-state index contributed by atoms with van der Waals surface area (Å²) in [6.45, 7) is 7.17. The molecule has 1 rings (SSSR count). The Kier molecular flexibility index (Phi) is 4.63. The van der Waals surface area contributed by atoms with Crippen LogP contribution in [0.5, 0.6) is 0 Å². The molecule has 0 unspecified atom stereocenters. The van der Waals surface area contributed by atoms with Crippen LogP contribution in [0.4, 0.5) is 8.78 Å². The fourth-order valence-electron chi connectivity index (χ4n) is 1.63. The van der Waals surface area contributed by atoms with Gasteiger partial charge in [0.1, 0.15) is 11.6 Å². The van der Waals surface area contributed by atoms with Crippen molar-refractivity contribution in [3.8, 4) is 0 Å². The van der Waals surface area contributed by atoms with Crippen LogP contribution in [0, 0.1) is 17.0 Å². The van der Waals surface area contributed by atoms with Crippen LogP contribution in [-0.2, 0) is 4.79 Å². The molecule has 0 aliphatic heterocycles. The highest BCUT2D eigenvalue weighted by Crippen LogP contribution is 2.20. The minimum atomic E-state index is -0.696. The molecule has 0 aliphatic rings. The fourth-order valence-corrected chi connectivity index (χ4v) is 1.63. The van der Waals surface area contributed by atoms with Gasteiger partial charge in [0, 0.05) is 11.6 Å². The van der Waals surface area contributed by atoms with Gasteiger partial charge in [-0.3, -0.25) is 4.79 Å². The maximum atomic E-state index is 13.6. The Balaban J connectivity index is 2.80. The van der Waals surface area contributed by atoms with E-state index in [1.165, 1.54) is 6.07 Å². The second-order valence-corrected chi connectivity index (χ2v) is 5.74. The smallest absolute Gasteiger partial charge is 0.237 e. The molecule has 5 heteroatoms. The van der Waals surface area contributed by atoms with Crippen molar-refractivity contribution in [2.75, 3.05) is 0 Å². The minimum absolute atomic E-state index is 0.232. The number of benzene rings is 1. The summed E-state index contributed by atoms with van der Waals surface area (Å²) in [5.74, 6) is -1.69. The number of nitrogens with two attached hydrogens (primary N) is 1. The number of hydrogen-bond donors (Lipinski definition) is 2. The maximum Gasteiger partial charge on any atom is 0.237 e. The van der Waals surface area contributed by atoms with E-state index < -0.39 is 23.7 Å². The molecule has 0 saturated heterocycles. The lowest BCUT2D eigenvalue weighted by Gasteiger charge is -2.27. The van der Waals surface area contributed by atoms with Gasteiger partial charge in [0.2, 0.25) is 5.91 Å². The summed E-state index contributed by atoms with van der Waals surface area (Å²) >= 11 is 0. The SMILES string of the molecule is C[C@@H](NC(=O)[C@H](N)C(C)(C)C)c1ccc(F)cc1F. The first-order valence-corrected chi connectivity index (χ1v) is 6.14. The van der Waals surface area contributed by atoms with Crippen molar-refractivity contribution in [2.45, 2.75) is 39.8 Å². The third kappa shape index (κ3) is 3.99. The van der Waals surface area contributed by atoms with Crippen LogP contribution in [0.15, 0.2) is 18.2 Å². The monoisotopic (exact) mass is 270 g/mol. The van der Waals surface area contributed by atoms with Gasteiger partial charge < -0.3 is 11.1 Å². The van der Waals surface area contributed by atoms with Gasteiger partial charge in [-0.25, -0.2) is 8.78 Å². The fraction of sp³-hybridized carbons (Fsp3) is 0.500. The van der Waals surface area contributed by atoms with Crippen LogP contribution in [0.2, 0.25) is 0 Å². The Bertz CT molecular complexity index is 469. The molecule has 0 heterocycles. The average molecular weight is 270 g/mol. The van der Waals surface area contributed by atoms with Gasteiger partial charge in [-0.05, 0) is 18.4 Å². The van der Waals surface area contributed by atoms with E-state index in [1.54, 1.807) is 6.92 Å². The highest BCUT2D eigenvalue weighted by molar-refractivity contribution is 5.82. The van der Waals surface area contributed by atoms with Crippen LogP contribution < -0.4 is 11.1 Å². The predicted octanol–water partition coefficient (Wildman–Crippen LogP) is 2.52. The Morgan fingerprint density at radius 1 is 1.32 bits per heavy atom. The number of carbonyl (C=O) groups excluding carboxylic acids is 1. The first-order chi connectivity index (χ1) is 8.62. The lowest BCUT2D eigenvalue weighted by molar-refractivity contribution is -0.125. The first kappa shape index (κ1) is 15.6. The summed E-state index contributed by atoms with van der Waals surface area (Å²) in [5.41, 5.74) is 5.67. The molecule has 3 N–H and O–H groups in total. The Morgan fingerprint density at radius 2 is 1.89 bits per heavy atom. The molecule has 0 saturated carbocycles. The second kappa shape index (κ2) is 5.65. The van der Waals surface area contributed by atoms with Gasteiger partial charge >= 0.3 is 0 Å². The van der Waals surface area contributed by atoms with Crippen LogP contribution >= 0.6 is 0 Å². The standard InChI is InChI=1S/C14H20F2N2O/c1-8(10-6-5-9(15)7-11(10)16)18-13(19)12(17)14(2,3)4/h5-8,12H,17H2,1-4H3,(H,18,19)/t8-,12+/m1/s1. The van der Waals surface area contributed by atoms with Crippen molar-refractivity contribution in [1.82, 2.24) is 5.32 Å². The lowest BCUT2D eigenvalue weighted by Crippen LogP contribution is -2.49. The van der Waals surface area contributed by atoms with E-state index in [1.807, 2.05) is 20.8 Å². The summed E-state index contributed by atoms with van der Waals surface area (Å²) in [4.78, 5) is 11.9. The molecule has 19 heavy (non-hydrogen) atoms. The molecule has 1 amide bonds. The third-order valence-electron chi connectivity index (χ3n) is 3.00. The molecule has 1 aromatic rings. The molecular weight excluding hydrogens is 250 g/mol. The predicted molar refractivity (Wildman–Crippen MR) is 70.3 cm³/mol. The van der Waals surface area contributed by atoms with Crippen molar-refractivity contribution >= 4 is 5.91 Å². The van der Waals surface area contributed by atoms with E-state index in [0.717, 1.165) is 12.1 Å². The van der Waals surface area contributed by atoms with E-state index in [-0.39, 0.29) is 16.9 Å². The van der Waals surface area contributed by atoms with Crippen LogP contribution in [0.3, 0.4) is 0 Å². The number of carbonyl (C=O) groups is 1. The van der Waals surface area contributed by atoms with Crippen molar-refractivity contribution in [3.63, 3.8) is 0 Å². The highest BCUT2D eigenvalue weighted by Gasteiger charge is 2.28. The van der Waals surface area contributed by atoms with Gasteiger partial charge in [-0.2, -0.15) is 0 Å². The summed E-state index contributed by atoms with van der Waals surface area (Å²) in [7, 11) is 0. The summed E-state index contributed by atoms with van der Waals surface area (Å²) in [6.07, 6.45) is 0. The minimum Gasteiger partial charge on any atom is -0.348 e. The average Bonchev–Trinajstić information content (AvgIpc) is 2.26. The topological polar surface area (TPSA) is 55.1 Å². The Morgan fingerprint density at radius 3 is 2.37 bits per heavy atom. The van der Waals surface area contributed by atoms with Gasteiger partial charge in [0.05, 0.1) is 12.1 Å². The lowest BCUT2D eigenvalue weighted by atomic mass is 9.86. The number of nitrogens with one attached hydrogen (secondary N) is 1. The normalized spacial score (nSPS) is 14.9. The molecule has 106 valence electrons. The quantitative estimate of drug-likeness (QED) is 0.886. The zero-order chi connectivity index (χ0) is 14.8. The molecule has 0 aliphatic carbocycles. The van der Waals surface area contributed by atoms with Crippen molar-refractivity contribution in [2.24, 2.45) is 11.1 Å². The molecule has 0 bridgehead atoms. The summed E-state index contributed by atoms with van der Waals surface area (Å²) < 4.78 is 26.4. The Labute approximate surface area is 112 Å². The zero-order valence-electron chi connectivity index (χ0n) is 11.6. The van der Waals surface area contributed by atoms with Crippen LogP contribution in [0.1, 0.15) is 39.3 Å². The number of hydrogen-bond acceptors (Lipinski definition) is 2. The van der Waals surface area contributed by atoms with Gasteiger partial charge in [-0.1, -0.05) is 26.8 Å². The van der Waals surface area contributed by atoms with Gasteiger partial charge in [0.25, 0.3) is 0 Å².